The summed E-state index contributed by atoms with van der Waals surface area (Å²) in [6, 6.07) is 0. The lowest BCUT2D eigenvalue weighted by Gasteiger charge is -2.45. The van der Waals surface area contributed by atoms with Crippen molar-refractivity contribution in [3.8, 4) is 0 Å². The van der Waals surface area contributed by atoms with E-state index in [9.17, 15) is 0 Å². The van der Waals surface area contributed by atoms with Crippen LogP contribution in [-0.4, -0.2) is 33.7 Å². The summed E-state index contributed by atoms with van der Waals surface area (Å²) >= 11 is 0. The van der Waals surface area contributed by atoms with Crippen molar-refractivity contribution >= 4 is 0 Å². The summed E-state index contributed by atoms with van der Waals surface area (Å²) in [6.45, 7) is 7.30. The van der Waals surface area contributed by atoms with E-state index >= 15 is 0 Å². The van der Waals surface area contributed by atoms with Gasteiger partial charge in [-0.2, -0.15) is 0 Å². The second kappa shape index (κ2) is 13.9. The van der Waals surface area contributed by atoms with E-state index in [2.05, 4.69) is 32.9 Å². The molecule has 0 aromatic heterocycles. The highest BCUT2D eigenvalue weighted by atomic mass is 16.7. The number of allylic oxidation sites excluding steroid dienone is 1. The Morgan fingerprint density at radius 3 is 1.92 bits per heavy atom. The molecule has 1 unspecified atom stereocenters. The fourth-order valence-electron chi connectivity index (χ4n) is 3.48. The molecule has 0 saturated heterocycles. The molecule has 3 nitrogen and oxygen atoms in total. The van der Waals surface area contributed by atoms with Gasteiger partial charge in [0.05, 0.1) is 0 Å². The smallest absolute Gasteiger partial charge is 0.173 e. The second-order valence-corrected chi connectivity index (χ2v) is 6.93. The first-order valence-electron chi connectivity index (χ1n) is 9.82. The van der Waals surface area contributed by atoms with Gasteiger partial charge in [0.15, 0.2) is 5.79 Å². The molecular formula is C21H42O3. The maximum Gasteiger partial charge on any atom is 0.173 e. The highest BCUT2D eigenvalue weighted by molar-refractivity contribution is 5.06. The molecule has 0 aliphatic heterocycles. The van der Waals surface area contributed by atoms with Gasteiger partial charge in [0, 0.05) is 33.4 Å². The molecule has 1 atom stereocenters. The van der Waals surface area contributed by atoms with Gasteiger partial charge in [-0.05, 0) is 32.6 Å². The molecule has 0 heterocycles. The van der Waals surface area contributed by atoms with Crippen LogP contribution in [0.4, 0.5) is 0 Å². The molecule has 3 heteroatoms. The van der Waals surface area contributed by atoms with E-state index in [4.69, 9.17) is 14.2 Å². The number of hydrogen-bond acceptors (Lipinski definition) is 3. The van der Waals surface area contributed by atoms with Gasteiger partial charge in [-0.1, -0.05) is 64.5 Å². The van der Waals surface area contributed by atoms with E-state index in [1.54, 1.807) is 21.3 Å². The van der Waals surface area contributed by atoms with Crippen LogP contribution < -0.4 is 0 Å². The van der Waals surface area contributed by atoms with E-state index in [0.29, 0.717) is 0 Å². The van der Waals surface area contributed by atoms with E-state index in [0.717, 1.165) is 32.3 Å². The van der Waals surface area contributed by atoms with Crippen molar-refractivity contribution in [2.45, 2.75) is 90.8 Å². The minimum atomic E-state index is -0.601. The van der Waals surface area contributed by atoms with Crippen molar-refractivity contribution < 1.29 is 14.2 Å². The van der Waals surface area contributed by atoms with Crippen molar-refractivity contribution in [2.24, 2.45) is 5.41 Å². The number of rotatable bonds is 16. The topological polar surface area (TPSA) is 27.7 Å². The van der Waals surface area contributed by atoms with Crippen LogP contribution in [0.25, 0.3) is 0 Å². The van der Waals surface area contributed by atoms with E-state index in [1.165, 1.54) is 38.5 Å². The van der Waals surface area contributed by atoms with Crippen LogP contribution in [0.2, 0.25) is 0 Å². The molecule has 0 fully saturated rings. The van der Waals surface area contributed by atoms with Gasteiger partial charge in [-0.3, -0.25) is 0 Å². The SMILES string of the molecule is CCC=CC(CCCCCCCC)(CCCOC)C(C)(OC)OC. The van der Waals surface area contributed by atoms with Crippen LogP contribution in [0.5, 0.6) is 0 Å². The Bertz CT molecular complexity index is 310. The number of methoxy groups -OCH3 is 3. The first-order valence-corrected chi connectivity index (χ1v) is 9.82. The molecule has 0 bridgehead atoms. The molecule has 0 aliphatic carbocycles. The zero-order chi connectivity index (χ0) is 18.3. The van der Waals surface area contributed by atoms with Crippen LogP contribution in [0, 0.1) is 5.41 Å². The average molecular weight is 343 g/mol. The summed E-state index contributed by atoms with van der Waals surface area (Å²) in [6.07, 6.45) is 16.6. The van der Waals surface area contributed by atoms with E-state index in [-0.39, 0.29) is 5.41 Å². The van der Waals surface area contributed by atoms with Crippen molar-refractivity contribution in [2.75, 3.05) is 27.9 Å². The molecule has 0 radical (unpaired) electrons. The van der Waals surface area contributed by atoms with Gasteiger partial charge in [-0.25, -0.2) is 0 Å². The zero-order valence-corrected chi connectivity index (χ0v) is 17.2. The Morgan fingerprint density at radius 2 is 1.38 bits per heavy atom. The molecule has 0 aliphatic rings. The van der Waals surface area contributed by atoms with Crippen LogP contribution in [-0.2, 0) is 14.2 Å². The summed E-state index contributed by atoms with van der Waals surface area (Å²) in [5, 5.41) is 0. The van der Waals surface area contributed by atoms with Gasteiger partial charge < -0.3 is 14.2 Å². The molecule has 0 saturated carbocycles. The third-order valence-electron chi connectivity index (χ3n) is 5.30. The minimum Gasteiger partial charge on any atom is -0.385 e. The standard InChI is InChI=1S/C21H42O3/c1-7-9-11-12-13-14-17-21(16-10-8-2,18-15-19-22-4)20(3,23-5)24-6/h10,16H,7-9,11-15,17-19H2,1-6H3. The highest BCUT2D eigenvalue weighted by Crippen LogP contribution is 2.45. The highest BCUT2D eigenvalue weighted by Gasteiger charge is 2.46. The second-order valence-electron chi connectivity index (χ2n) is 6.93. The predicted molar refractivity (Wildman–Crippen MR) is 103 cm³/mol. The predicted octanol–water partition coefficient (Wildman–Crippen LogP) is 6.13. The Kier molecular flexibility index (Phi) is 13.6. The van der Waals surface area contributed by atoms with Crippen LogP contribution in [0.3, 0.4) is 0 Å². The Labute approximate surface area is 151 Å². The molecule has 0 N–H and O–H groups in total. The molecule has 0 rings (SSSR count). The minimum absolute atomic E-state index is 0.101. The Morgan fingerprint density at radius 1 is 0.792 bits per heavy atom. The largest absolute Gasteiger partial charge is 0.385 e. The molecule has 0 amide bonds. The third kappa shape index (κ3) is 7.67. The molecule has 144 valence electrons. The van der Waals surface area contributed by atoms with Crippen molar-refractivity contribution in [3.63, 3.8) is 0 Å². The van der Waals surface area contributed by atoms with Crippen molar-refractivity contribution in [1.29, 1.82) is 0 Å². The van der Waals surface area contributed by atoms with Gasteiger partial charge in [0.2, 0.25) is 0 Å². The lowest BCUT2D eigenvalue weighted by Crippen LogP contribution is -2.48. The van der Waals surface area contributed by atoms with Gasteiger partial charge in [0.25, 0.3) is 0 Å². The van der Waals surface area contributed by atoms with Crippen LogP contribution >= 0.6 is 0 Å². The fourth-order valence-corrected chi connectivity index (χ4v) is 3.48. The number of ether oxygens (including phenoxy) is 3. The molecule has 0 spiro atoms. The first-order chi connectivity index (χ1) is 11.6. The maximum absolute atomic E-state index is 5.86. The van der Waals surface area contributed by atoms with Gasteiger partial charge >= 0.3 is 0 Å². The van der Waals surface area contributed by atoms with Crippen molar-refractivity contribution in [3.05, 3.63) is 12.2 Å². The lowest BCUT2D eigenvalue weighted by molar-refractivity contribution is -0.255. The number of unbranched alkanes of at least 4 members (excludes halogenated alkanes) is 5. The van der Waals surface area contributed by atoms with Gasteiger partial charge in [-0.15, -0.1) is 0 Å². The quantitative estimate of drug-likeness (QED) is 0.192. The van der Waals surface area contributed by atoms with Crippen molar-refractivity contribution in [1.82, 2.24) is 0 Å². The summed E-state index contributed by atoms with van der Waals surface area (Å²) < 4.78 is 17.0. The monoisotopic (exact) mass is 342 g/mol. The number of hydrogen-bond donors (Lipinski definition) is 0. The zero-order valence-electron chi connectivity index (χ0n) is 17.2. The summed E-state index contributed by atoms with van der Waals surface area (Å²) in [4.78, 5) is 0. The summed E-state index contributed by atoms with van der Waals surface area (Å²) in [5.74, 6) is -0.601. The molecule has 0 aromatic rings. The normalized spacial score (nSPS) is 15.1. The van der Waals surface area contributed by atoms with Crippen LogP contribution in [0.1, 0.15) is 85.0 Å². The van der Waals surface area contributed by atoms with Gasteiger partial charge in [0.1, 0.15) is 0 Å². The summed E-state index contributed by atoms with van der Waals surface area (Å²) in [5.41, 5.74) is -0.101. The molecule has 24 heavy (non-hydrogen) atoms. The lowest BCUT2D eigenvalue weighted by atomic mass is 9.71. The maximum atomic E-state index is 5.86. The van der Waals surface area contributed by atoms with E-state index in [1.807, 2.05) is 0 Å². The molecular weight excluding hydrogens is 300 g/mol. The van der Waals surface area contributed by atoms with Crippen LogP contribution in [0.15, 0.2) is 12.2 Å². The first kappa shape index (κ1) is 23.6. The van der Waals surface area contributed by atoms with E-state index < -0.39 is 5.79 Å². The average Bonchev–Trinajstić information content (AvgIpc) is 2.61. The Hall–Kier alpha value is -0.380. The Balaban J connectivity index is 5.06. The summed E-state index contributed by atoms with van der Waals surface area (Å²) in [7, 11) is 5.29. The fraction of sp³-hybridized carbons (Fsp3) is 0.905. The molecule has 0 aromatic carbocycles. The third-order valence-corrected chi connectivity index (χ3v) is 5.30.